The lowest BCUT2D eigenvalue weighted by Crippen LogP contribution is -2.46. The molecule has 1 N–H and O–H groups in total. The minimum absolute atomic E-state index is 0.0129. The standard InChI is InChI=1S/C15H19N3O3/c19-15(11-5-7-12(8-6-11)18(20)21)17-10-2-4-14(17)13-3-1-9-16-13/h5-8,13-14,16H,1-4,9-10H2. The highest BCUT2D eigenvalue weighted by Crippen LogP contribution is 2.26. The van der Waals surface area contributed by atoms with Gasteiger partial charge in [0.2, 0.25) is 0 Å². The largest absolute Gasteiger partial charge is 0.334 e. The Bertz CT molecular complexity index is 538. The number of carbonyl (C=O) groups excluding carboxylic acids is 1. The summed E-state index contributed by atoms with van der Waals surface area (Å²) in [5, 5.41) is 14.1. The van der Waals surface area contributed by atoms with Crippen molar-refractivity contribution in [2.24, 2.45) is 0 Å². The Kier molecular flexibility index (Phi) is 3.88. The summed E-state index contributed by atoms with van der Waals surface area (Å²) in [6, 6.07) is 6.55. The van der Waals surface area contributed by atoms with Crippen LogP contribution in [-0.4, -0.2) is 40.9 Å². The Labute approximate surface area is 123 Å². The molecule has 2 fully saturated rings. The molecule has 112 valence electrons. The summed E-state index contributed by atoms with van der Waals surface area (Å²) in [7, 11) is 0. The number of rotatable bonds is 3. The number of carbonyl (C=O) groups is 1. The smallest absolute Gasteiger partial charge is 0.269 e. The zero-order valence-electron chi connectivity index (χ0n) is 11.8. The maximum atomic E-state index is 12.6. The van der Waals surface area contributed by atoms with Crippen LogP contribution in [-0.2, 0) is 0 Å². The number of hydrogen-bond donors (Lipinski definition) is 1. The molecule has 6 heteroatoms. The number of amides is 1. The van der Waals surface area contributed by atoms with Crippen molar-refractivity contribution in [3.8, 4) is 0 Å². The zero-order chi connectivity index (χ0) is 14.8. The SMILES string of the molecule is O=C(c1ccc([N+](=O)[O-])cc1)N1CCCC1C1CCCN1. The van der Waals surface area contributed by atoms with Crippen LogP contribution in [0.1, 0.15) is 36.0 Å². The Balaban J connectivity index is 1.75. The molecule has 0 aromatic heterocycles. The molecule has 3 rings (SSSR count). The summed E-state index contributed by atoms with van der Waals surface area (Å²) in [4.78, 5) is 24.8. The lowest BCUT2D eigenvalue weighted by Gasteiger charge is -2.29. The van der Waals surface area contributed by atoms with Gasteiger partial charge in [0, 0.05) is 36.3 Å². The highest BCUT2D eigenvalue weighted by Gasteiger charge is 2.36. The van der Waals surface area contributed by atoms with Gasteiger partial charge in [-0.3, -0.25) is 14.9 Å². The number of benzene rings is 1. The average Bonchev–Trinajstić information content (AvgIpc) is 3.17. The Morgan fingerprint density at radius 2 is 2.00 bits per heavy atom. The van der Waals surface area contributed by atoms with Gasteiger partial charge in [0.05, 0.1) is 4.92 Å². The number of nitro benzene ring substituents is 1. The van der Waals surface area contributed by atoms with E-state index < -0.39 is 4.92 Å². The van der Waals surface area contributed by atoms with Crippen LogP contribution in [0.25, 0.3) is 0 Å². The van der Waals surface area contributed by atoms with Crippen molar-refractivity contribution in [1.82, 2.24) is 10.2 Å². The third kappa shape index (κ3) is 2.76. The summed E-state index contributed by atoms with van der Waals surface area (Å²) >= 11 is 0. The van der Waals surface area contributed by atoms with Gasteiger partial charge >= 0.3 is 0 Å². The first kappa shape index (κ1) is 14.0. The average molecular weight is 289 g/mol. The molecule has 2 aliphatic rings. The number of nitrogens with zero attached hydrogens (tertiary/aromatic N) is 2. The van der Waals surface area contributed by atoms with Crippen LogP contribution < -0.4 is 5.32 Å². The lowest BCUT2D eigenvalue weighted by molar-refractivity contribution is -0.384. The van der Waals surface area contributed by atoms with Crippen molar-refractivity contribution >= 4 is 11.6 Å². The summed E-state index contributed by atoms with van der Waals surface area (Å²) in [5.74, 6) is -0.0129. The number of nitro groups is 1. The first-order chi connectivity index (χ1) is 10.2. The van der Waals surface area contributed by atoms with E-state index in [1.54, 1.807) is 12.1 Å². The maximum absolute atomic E-state index is 12.6. The lowest BCUT2D eigenvalue weighted by atomic mass is 10.0. The summed E-state index contributed by atoms with van der Waals surface area (Å²) in [6.45, 7) is 1.80. The Morgan fingerprint density at radius 3 is 2.62 bits per heavy atom. The van der Waals surface area contributed by atoms with Gasteiger partial charge in [-0.2, -0.15) is 0 Å². The molecule has 1 aromatic rings. The van der Waals surface area contributed by atoms with Gasteiger partial charge in [0.25, 0.3) is 11.6 Å². The quantitative estimate of drug-likeness (QED) is 0.681. The number of nitrogens with one attached hydrogen (secondary N) is 1. The van der Waals surface area contributed by atoms with Crippen LogP contribution in [0.5, 0.6) is 0 Å². The Hall–Kier alpha value is -1.95. The van der Waals surface area contributed by atoms with E-state index >= 15 is 0 Å². The molecule has 1 aromatic carbocycles. The van der Waals surface area contributed by atoms with Gasteiger partial charge in [-0.15, -0.1) is 0 Å². The van der Waals surface area contributed by atoms with Crippen molar-refractivity contribution in [3.63, 3.8) is 0 Å². The summed E-state index contributed by atoms with van der Waals surface area (Å²) in [6.07, 6.45) is 4.35. The van der Waals surface area contributed by atoms with Crippen molar-refractivity contribution in [2.45, 2.75) is 37.8 Å². The molecule has 2 atom stereocenters. The van der Waals surface area contributed by atoms with Crippen LogP contribution >= 0.6 is 0 Å². The molecule has 2 heterocycles. The van der Waals surface area contributed by atoms with Gasteiger partial charge < -0.3 is 10.2 Å². The van der Waals surface area contributed by atoms with Gasteiger partial charge in [-0.25, -0.2) is 0 Å². The fourth-order valence-corrected chi connectivity index (χ4v) is 3.39. The van der Waals surface area contributed by atoms with Gasteiger partial charge in [-0.1, -0.05) is 0 Å². The van der Waals surface area contributed by atoms with E-state index in [1.807, 2.05) is 4.90 Å². The minimum atomic E-state index is -0.449. The van der Waals surface area contributed by atoms with Gasteiger partial charge in [-0.05, 0) is 44.4 Å². The molecule has 0 saturated carbocycles. The molecule has 2 aliphatic heterocycles. The second-order valence-corrected chi connectivity index (χ2v) is 5.71. The van der Waals surface area contributed by atoms with Crippen LogP contribution in [0, 0.1) is 10.1 Å². The maximum Gasteiger partial charge on any atom is 0.269 e. The highest BCUT2D eigenvalue weighted by atomic mass is 16.6. The third-order valence-corrected chi connectivity index (χ3v) is 4.45. The minimum Gasteiger partial charge on any atom is -0.334 e. The number of likely N-dealkylation sites (tertiary alicyclic amines) is 1. The zero-order valence-corrected chi connectivity index (χ0v) is 11.8. The second kappa shape index (κ2) is 5.81. The van der Waals surface area contributed by atoms with Crippen LogP contribution in [0.2, 0.25) is 0 Å². The second-order valence-electron chi connectivity index (χ2n) is 5.71. The molecule has 6 nitrogen and oxygen atoms in total. The molecule has 0 aliphatic carbocycles. The van der Waals surface area contributed by atoms with Crippen molar-refractivity contribution < 1.29 is 9.72 Å². The monoisotopic (exact) mass is 289 g/mol. The fraction of sp³-hybridized carbons (Fsp3) is 0.533. The molecular weight excluding hydrogens is 270 g/mol. The third-order valence-electron chi connectivity index (χ3n) is 4.45. The van der Waals surface area contributed by atoms with Gasteiger partial charge in [0.1, 0.15) is 0 Å². The first-order valence-electron chi connectivity index (χ1n) is 7.45. The first-order valence-corrected chi connectivity index (χ1v) is 7.45. The Morgan fingerprint density at radius 1 is 1.24 bits per heavy atom. The van der Waals surface area contributed by atoms with Gasteiger partial charge in [0.15, 0.2) is 0 Å². The molecule has 1 amide bonds. The van der Waals surface area contributed by atoms with E-state index in [1.165, 1.54) is 18.6 Å². The van der Waals surface area contributed by atoms with E-state index in [0.717, 1.165) is 32.4 Å². The predicted octanol–water partition coefficient (Wildman–Crippen LogP) is 1.95. The van der Waals surface area contributed by atoms with E-state index in [2.05, 4.69) is 5.32 Å². The molecule has 21 heavy (non-hydrogen) atoms. The van der Waals surface area contributed by atoms with Crippen molar-refractivity contribution in [2.75, 3.05) is 13.1 Å². The molecule has 0 bridgehead atoms. The summed E-state index contributed by atoms with van der Waals surface area (Å²) in [5.41, 5.74) is 0.549. The van der Waals surface area contributed by atoms with Crippen molar-refractivity contribution in [3.05, 3.63) is 39.9 Å². The van der Waals surface area contributed by atoms with Crippen LogP contribution in [0.4, 0.5) is 5.69 Å². The van der Waals surface area contributed by atoms with Crippen LogP contribution in [0.15, 0.2) is 24.3 Å². The fourth-order valence-electron chi connectivity index (χ4n) is 3.39. The topological polar surface area (TPSA) is 75.5 Å². The van der Waals surface area contributed by atoms with E-state index in [-0.39, 0.29) is 17.6 Å². The van der Waals surface area contributed by atoms with Crippen LogP contribution in [0.3, 0.4) is 0 Å². The highest BCUT2D eigenvalue weighted by molar-refractivity contribution is 5.94. The molecular formula is C15H19N3O3. The van der Waals surface area contributed by atoms with Crippen molar-refractivity contribution in [1.29, 1.82) is 0 Å². The predicted molar refractivity (Wildman–Crippen MR) is 78.2 cm³/mol. The molecule has 2 saturated heterocycles. The van der Waals surface area contributed by atoms with E-state index in [0.29, 0.717) is 11.6 Å². The molecule has 0 spiro atoms. The number of non-ortho nitro benzene ring substituents is 1. The van der Waals surface area contributed by atoms with E-state index in [9.17, 15) is 14.9 Å². The summed E-state index contributed by atoms with van der Waals surface area (Å²) < 4.78 is 0. The normalized spacial score (nSPS) is 25.2. The number of hydrogen-bond acceptors (Lipinski definition) is 4. The molecule has 0 radical (unpaired) electrons. The van der Waals surface area contributed by atoms with E-state index in [4.69, 9.17) is 0 Å². The molecule has 2 unspecified atom stereocenters.